The lowest BCUT2D eigenvalue weighted by Gasteiger charge is -2.26. The summed E-state index contributed by atoms with van der Waals surface area (Å²) in [5.74, 6) is 0. The number of benzene rings is 5. The molecule has 5 aliphatic heterocycles. The molecule has 36 heteroatoms. The van der Waals surface area contributed by atoms with Crippen LogP contribution < -0.4 is 16.0 Å². The molecular weight excluding hydrogens is 1640 g/mol. The lowest BCUT2D eigenvalue weighted by Crippen LogP contribution is -2.29. The molecule has 5 aromatic carbocycles. The van der Waals surface area contributed by atoms with Crippen molar-refractivity contribution in [1.29, 1.82) is 0 Å². The summed E-state index contributed by atoms with van der Waals surface area (Å²) in [6.07, 6.45) is 9.32. The van der Waals surface area contributed by atoms with Crippen molar-refractivity contribution < 1.29 is 42.1 Å². The summed E-state index contributed by atoms with van der Waals surface area (Å²) >= 11 is 5.96. The summed E-state index contributed by atoms with van der Waals surface area (Å²) < 4.78 is 139. The van der Waals surface area contributed by atoms with Gasteiger partial charge in [-0.1, -0.05) is 90.5 Å². The average Bonchev–Trinajstić information content (AvgIpc) is 1.60. The summed E-state index contributed by atoms with van der Waals surface area (Å²) in [4.78, 5) is 29.0. The van der Waals surface area contributed by atoms with E-state index in [2.05, 4.69) is 90.3 Å². The van der Waals surface area contributed by atoms with Crippen LogP contribution in [-0.4, -0.2) is 172 Å². The van der Waals surface area contributed by atoms with Crippen LogP contribution in [0.5, 0.6) is 0 Å². The molecule has 10 aromatic heterocycles. The van der Waals surface area contributed by atoms with Gasteiger partial charge < -0.3 is 25.8 Å². The number of sulfone groups is 5. The van der Waals surface area contributed by atoms with Crippen LogP contribution in [-0.2, 0) is 114 Å². The SMILES string of the molecule is Cc1nc2c(S(=O)(=O)c3ccccc3)c(C)nn2c2c1CN(C)CC2.Cc1nc2c(S(=O)(=O)c3ccccc3)c(C)nn2c2c1CNCC2.Cc1nn2c3c(cnc2c1S(=O)(=O)c1cccc(Cl)c1)CNCC3.Cc1nn2c3c(cnc2c1S(=O)(=O)c1ccccc1)CN(C)CC3.Cc1nn2c3c(cnc2c1S(=O)(=O)c1ccccc1)CNCC3. The standard InChI is InChI=1S/C18H20N4O2S.2C17H18N4O2S.C16H15ClN4O2S.C16H16N4O2S/c1-12-15-11-21(3)10-9-16(15)22-18(19-12)17(13(2)20-22)25(23,24)14-7-5-4-6-8-14;1-12-16(24(22,23)14-6-4-3-5-7-14)17-18-10-13-11-20(2)9-8-15(13)21(17)19-12;1-11-14-10-18-9-8-15(14)21-17(19-11)16(12(2)20-21)24(22,23)13-6-4-3-5-7-13;1-10-15(24(22,23)13-4-2-3-12(17)7-13)16-19-9-11-8-18-6-5-14(11)21(16)20-10;1-11-15(23(21,22)13-5-3-2-4-6-13)16-18-10-12-9-17-8-7-14(12)20(16)19-11/h4-8H,9-11H2,1-3H3;3-7,10H,8-9,11H2,1-2H3;3-7,18H,8-10H2,1-2H3;2-4,7,9,18H,5-6,8H2,1H3;2-6,10,17H,7-9H2,1H3. The molecule has 30 nitrogen and oxygen atoms in total. The Kier molecular flexibility index (Phi) is 22.7. The van der Waals surface area contributed by atoms with Crippen molar-refractivity contribution in [2.45, 2.75) is 162 Å². The molecule has 0 fully saturated rings. The summed E-state index contributed by atoms with van der Waals surface area (Å²) in [5, 5.41) is 32.7. The van der Waals surface area contributed by atoms with Crippen LogP contribution in [0.25, 0.3) is 28.2 Å². The molecular formula is C84H87ClN20O10S5. The number of hydrogen-bond donors (Lipinski definition) is 3. The van der Waals surface area contributed by atoms with Gasteiger partial charge in [-0.25, -0.2) is 89.6 Å². The maximum Gasteiger partial charge on any atom is 0.212 e. The fourth-order valence-corrected chi connectivity index (χ4v) is 24.2. The van der Waals surface area contributed by atoms with Gasteiger partial charge in [0.25, 0.3) is 0 Å². The number of fused-ring (bicyclic) bond motifs is 15. The number of nitrogens with zero attached hydrogens (tertiary/aromatic N) is 17. The second-order valence-electron chi connectivity index (χ2n) is 30.2. The van der Waals surface area contributed by atoms with E-state index in [4.69, 9.17) is 11.6 Å². The monoisotopic (exact) mass is 1730 g/mol. The third-order valence-corrected chi connectivity index (χ3v) is 31.7. The molecule has 0 saturated carbocycles. The quantitative estimate of drug-likeness (QED) is 0.115. The van der Waals surface area contributed by atoms with Gasteiger partial charge in [0.15, 0.2) is 28.2 Å². The van der Waals surface area contributed by atoms with E-state index in [0.717, 1.165) is 159 Å². The van der Waals surface area contributed by atoms with Gasteiger partial charge in [-0.05, 0) is 129 Å². The van der Waals surface area contributed by atoms with Crippen molar-refractivity contribution in [3.63, 3.8) is 0 Å². The Morgan fingerprint density at radius 1 is 0.317 bits per heavy atom. The van der Waals surface area contributed by atoms with Crippen LogP contribution in [0.3, 0.4) is 0 Å². The molecule has 0 bridgehead atoms. The van der Waals surface area contributed by atoms with Gasteiger partial charge in [0.2, 0.25) is 49.2 Å². The number of halogens is 1. The van der Waals surface area contributed by atoms with E-state index in [1.807, 2.05) is 13.8 Å². The fourth-order valence-electron chi connectivity index (χ4n) is 16.1. The summed E-state index contributed by atoms with van der Waals surface area (Å²) in [5.41, 5.74) is 16.8. The maximum atomic E-state index is 13.2. The molecule has 0 spiro atoms. The lowest BCUT2D eigenvalue weighted by atomic mass is 10.0. The molecule has 0 amide bonds. The van der Waals surface area contributed by atoms with Gasteiger partial charge in [0.05, 0.1) is 81.4 Å². The summed E-state index contributed by atoms with van der Waals surface area (Å²) in [6.45, 7) is 20.7. The second-order valence-corrected chi connectivity index (χ2v) is 40.0. The first kappa shape index (κ1) is 82.7. The maximum absolute atomic E-state index is 13.2. The van der Waals surface area contributed by atoms with Crippen LogP contribution in [0.4, 0.5) is 0 Å². The first-order chi connectivity index (χ1) is 57.4. The largest absolute Gasteiger partial charge is 0.312 e. The smallest absolute Gasteiger partial charge is 0.212 e. The molecule has 20 rings (SSSR count). The summed E-state index contributed by atoms with van der Waals surface area (Å²) in [7, 11) is -14.2. The highest BCUT2D eigenvalue weighted by atomic mass is 35.5. The molecule has 0 unspecified atom stereocenters. The predicted molar refractivity (Wildman–Crippen MR) is 449 cm³/mol. The van der Waals surface area contributed by atoms with Crippen LogP contribution in [0, 0.1) is 48.5 Å². The molecule has 120 heavy (non-hydrogen) atoms. The fraction of sp³-hybridized carbons (Fsp3) is 0.286. The Morgan fingerprint density at radius 2 is 0.617 bits per heavy atom. The number of aromatic nitrogens is 15. The molecule has 0 radical (unpaired) electrons. The number of rotatable bonds is 10. The van der Waals surface area contributed by atoms with Gasteiger partial charge in [0.1, 0.15) is 24.5 Å². The lowest BCUT2D eigenvalue weighted by molar-refractivity contribution is 0.306. The Labute approximate surface area is 699 Å². The number of nitrogens with one attached hydrogen (secondary N) is 3. The van der Waals surface area contributed by atoms with Crippen LogP contribution in [0.15, 0.2) is 213 Å². The Hall–Kier alpha value is -11.0. The van der Waals surface area contributed by atoms with Gasteiger partial charge in [-0.15, -0.1) is 0 Å². The number of hydrogen-bond acceptors (Lipinski definition) is 25. The Bertz CT molecular complexity index is 7170. The topological polar surface area (TPSA) is 364 Å². The molecule has 0 aliphatic carbocycles. The minimum absolute atomic E-state index is 0.145. The predicted octanol–water partition coefficient (Wildman–Crippen LogP) is 9.54. The van der Waals surface area contributed by atoms with Crippen molar-refractivity contribution >= 4 is 89.0 Å². The van der Waals surface area contributed by atoms with E-state index in [9.17, 15) is 42.1 Å². The molecule has 15 heterocycles. The average molecular weight is 1730 g/mol. The third-order valence-electron chi connectivity index (χ3n) is 22.0. The third kappa shape index (κ3) is 15.2. The minimum Gasteiger partial charge on any atom is -0.312 e. The zero-order valence-electron chi connectivity index (χ0n) is 67.3. The molecule has 15 aromatic rings. The molecule has 620 valence electrons. The van der Waals surface area contributed by atoms with E-state index in [1.165, 1.54) is 12.1 Å². The van der Waals surface area contributed by atoms with E-state index in [0.29, 0.717) is 68.3 Å². The van der Waals surface area contributed by atoms with Crippen molar-refractivity contribution in [3.8, 4) is 0 Å². The van der Waals surface area contributed by atoms with Crippen molar-refractivity contribution in [2.24, 2.45) is 0 Å². The van der Waals surface area contributed by atoms with E-state index in [1.54, 1.807) is 209 Å². The van der Waals surface area contributed by atoms with Crippen molar-refractivity contribution in [3.05, 3.63) is 265 Å². The van der Waals surface area contributed by atoms with Gasteiger partial charge in [-0.3, -0.25) is 0 Å². The number of aryl methyl sites for hydroxylation is 7. The molecule has 3 N–H and O–H groups in total. The minimum atomic E-state index is -3.75. The summed E-state index contributed by atoms with van der Waals surface area (Å²) in [6, 6.07) is 40.0. The van der Waals surface area contributed by atoms with E-state index >= 15 is 0 Å². The van der Waals surface area contributed by atoms with Gasteiger partial charge in [-0.2, -0.15) is 25.5 Å². The van der Waals surface area contributed by atoms with Crippen LogP contribution in [0.1, 0.15) is 96.1 Å². The first-order valence-electron chi connectivity index (χ1n) is 39.0. The van der Waals surface area contributed by atoms with Crippen LogP contribution in [0.2, 0.25) is 5.02 Å². The Morgan fingerprint density at radius 3 is 1.01 bits per heavy atom. The molecule has 0 saturated heterocycles. The second kappa shape index (κ2) is 32.9. The highest BCUT2D eigenvalue weighted by Crippen LogP contribution is 2.37. The molecule has 0 atom stereocenters. The van der Waals surface area contributed by atoms with E-state index in [-0.39, 0.29) is 49.0 Å². The number of likely N-dealkylation sites (N-methyl/N-ethyl adjacent to an activating group) is 2. The first-order valence-corrected chi connectivity index (χ1v) is 46.8. The van der Waals surface area contributed by atoms with Crippen LogP contribution >= 0.6 is 11.6 Å². The van der Waals surface area contributed by atoms with Crippen molar-refractivity contribution in [2.75, 3.05) is 46.8 Å². The normalized spacial score (nSPS) is 15.1. The zero-order chi connectivity index (χ0) is 84.5. The van der Waals surface area contributed by atoms with E-state index < -0.39 is 49.2 Å². The van der Waals surface area contributed by atoms with Gasteiger partial charge >= 0.3 is 0 Å². The van der Waals surface area contributed by atoms with Crippen molar-refractivity contribution in [1.82, 2.24) is 98.7 Å². The highest BCUT2D eigenvalue weighted by molar-refractivity contribution is 7.93. The zero-order valence-corrected chi connectivity index (χ0v) is 72.1. The molecule has 5 aliphatic rings. The van der Waals surface area contributed by atoms with Gasteiger partial charge in [0, 0.05) is 160 Å². The Balaban J connectivity index is 0.000000112. The highest BCUT2D eigenvalue weighted by Gasteiger charge is 2.36.